The summed E-state index contributed by atoms with van der Waals surface area (Å²) in [4.78, 5) is 22.3. The summed E-state index contributed by atoms with van der Waals surface area (Å²) in [6, 6.07) is 0. The molecule has 0 heterocycles. The molecule has 2 atom stereocenters. The van der Waals surface area contributed by atoms with Gasteiger partial charge >= 0.3 is 5.97 Å². The predicted molar refractivity (Wildman–Crippen MR) is 69.3 cm³/mol. The van der Waals surface area contributed by atoms with E-state index in [0.717, 1.165) is 6.42 Å². The number of hydrogen-bond acceptors (Lipinski definition) is 3. The summed E-state index contributed by atoms with van der Waals surface area (Å²) in [5.41, 5.74) is 0.190. The molecule has 0 aromatic heterocycles. The van der Waals surface area contributed by atoms with E-state index in [-0.39, 0.29) is 23.8 Å². The summed E-state index contributed by atoms with van der Waals surface area (Å²) >= 11 is 0. The molecule has 5 heteroatoms. The fraction of sp³-hybridized carbons (Fsp3) is 0.846. The highest BCUT2D eigenvalue weighted by Gasteiger charge is 2.20. The smallest absolute Gasteiger partial charge is 0.334 e. The minimum atomic E-state index is -1.07. The highest BCUT2D eigenvalue weighted by molar-refractivity contribution is 5.78. The lowest BCUT2D eigenvalue weighted by molar-refractivity contribution is -0.148. The van der Waals surface area contributed by atoms with Crippen molar-refractivity contribution in [3.8, 4) is 0 Å². The molecule has 0 aliphatic rings. The van der Waals surface area contributed by atoms with E-state index in [1.165, 1.54) is 7.11 Å². The van der Waals surface area contributed by atoms with E-state index in [1.54, 1.807) is 0 Å². The number of carbonyl (C=O) groups excluding carboxylic acids is 1. The van der Waals surface area contributed by atoms with Gasteiger partial charge in [0.15, 0.2) is 6.10 Å². The molecule has 0 aliphatic carbocycles. The Morgan fingerprint density at radius 1 is 1.33 bits per heavy atom. The summed E-state index contributed by atoms with van der Waals surface area (Å²) in [5, 5.41) is 11.3. The predicted octanol–water partition coefficient (Wildman–Crippen LogP) is 1.66. The van der Waals surface area contributed by atoms with Crippen LogP contribution in [-0.2, 0) is 14.3 Å². The third-order valence-corrected chi connectivity index (χ3v) is 2.54. The van der Waals surface area contributed by atoms with Crippen molar-refractivity contribution in [2.45, 2.75) is 46.6 Å². The molecule has 0 spiro atoms. The Labute approximate surface area is 109 Å². The van der Waals surface area contributed by atoms with Gasteiger partial charge in [0.2, 0.25) is 5.91 Å². The molecule has 106 valence electrons. The van der Waals surface area contributed by atoms with Crippen molar-refractivity contribution in [3.63, 3.8) is 0 Å². The van der Waals surface area contributed by atoms with E-state index in [9.17, 15) is 9.59 Å². The Bertz CT molecular complexity index is 283. The minimum Gasteiger partial charge on any atom is -0.479 e. The molecule has 0 saturated heterocycles. The summed E-state index contributed by atoms with van der Waals surface area (Å²) in [6.45, 7) is 8.43. The van der Waals surface area contributed by atoms with Crippen molar-refractivity contribution in [3.05, 3.63) is 0 Å². The van der Waals surface area contributed by atoms with E-state index in [0.29, 0.717) is 6.42 Å². The number of ether oxygens (including phenoxy) is 1. The first-order valence-electron chi connectivity index (χ1n) is 6.18. The maximum absolute atomic E-state index is 11.6. The topological polar surface area (TPSA) is 75.6 Å². The van der Waals surface area contributed by atoms with E-state index < -0.39 is 12.1 Å². The van der Waals surface area contributed by atoms with E-state index >= 15 is 0 Å². The Balaban J connectivity index is 4.01. The number of methoxy groups -OCH3 is 1. The van der Waals surface area contributed by atoms with Crippen LogP contribution in [0.25, 0.3) is 0 Å². The van der Waals surface area contributed by atoms with Crippen LogP contribution in [0.5, 0.6) is 0 Å². The number of rotatable bonds is 7. The molecule has 0 bridgehead atoms. The second kappa shape index (κ2) is 7.36. The Kier molecular flexibility index (Phi) is 6.91. The van der Waals surface area contributed by atoms with Gasteiger partial charge in [-0.2, -0.15) is 0 Å². The molecular weight excluding hydrogens is 234 g/mol. The molecule has 0 saturated carbocycles. The van der Waals surface area contributed by atoms with Gasteiger partial charge in [-0.3, -0.25) is 4.79 Å². The Morgan fingerprint density at radius 3 is 2.28 bits per heavy atom. The Morgan fingerprint density at radius 2 is 1.89 bits per heavy atom. The fourth-order valence-electron chi connectivity index (χ4n) is 1.98. The summed E-state index contributed by atoms with van der Waals surface area (Å²) in [6.07, 6.45) is 0.382. The molecule has 0 radical (unpaired) electrons. The monoisotopic (exact) mass is 259 g/mol. The van der Waals surface area contributed by atoms with Crippen molar-refractivity contribution in [1.29, 1.82) is 0 Å². The molecule has 0 fully saturated rings. The van der Waals surface area contributed by atoms with Crippen LogP contribution in [-0.4, -0.2) is 36.7 Å². The molecule has 2 unspecified atom stereocenters. The largest absolute Gasteiger partial charge is 0.479 e. The summed E-state index contributed by atoms with van der Waals surface area (Å²) < 4.78 is 4.73. The quantitative estimate of drug-likeness (QED) is 0.729. The van der Waals surface area contributed by atoms with Crippen LogP contribution < -0.4 is 5.32 Å². The van der Waals surface area contributed by atoms with Crippen LogP contribution in [0.3, 0.4) is 0 Å². The van der Waals surface area contributed by atoms with Gasteiger partial charge in [-0.05, 0) is 17.8 Å². The minimum absolute atomic E-state index is 0.00685. The van der Waals surface area contributed by atoms with Crippen LogP contribution >= 0.6 is 0 Å². The van der Waals surface area contributed by atoms with Gasteiger partial charge in [-0.25, -0.2) is 4.79 Å². The first-order chi connectivity index (χ1) is 8.15. The van der Waals surface area contributed by atoms with E-state index in [2.05, 4.69) is 26.1 Å². The molecule has 0 aromatic rings. The number of carbonyl (C=O) groups is 2. The molecule has 0 rings (SSSR count). The van der Waals surface area contributed by atoms with Crippen molar-refractivity contribution >= 4 is 11.9 Å². The average Bonchev–Trinajstić information content (AvgIpc) is 2.14. The Hall–Kier alpha value is -1.10. The van der Waals surface area contributed by atoms with Gasteiger partial charge in [0.05, 0.1) is 6.54 Å². The van der Waals surface area contributed by atoms with Crippen LogP contribution in [0.4, 0.5) is 0 Å². The SMILES string of the molecule is COC(CNC(=O)CC(C)CC(C)(C)C)C(=O)O. The summed E-state index contributed by atoms with van der Waals surface area (Å²) in [5.74, 6) is -0.925. The third-order valence-electron chi connectivity index (χ3n) is 2.54. The maximum Gasteiger partial charge on any atom is 0.334 e. The first kappa shape index (κ1) is 16.9. The number of amides is 1. The van der Waals surface area contributed by atoms with Crippen molar-refractivity contribution in [2.75, 3.05) is 13.7 Å². The standard InChI is InChI=1S/C13H25NO4/c1-9(7-13(2,3)4)6-11(15)14-8-10(18-5)12(16)17/h9-10H,6-8H2,1-5H3,(H,14,15)(H,16,17). The van der Waals surface area contributed by atoms with Gasteiger partial charge in [0.25, 0.3) is 0 Å². The normalized spacial score (nSPS) is 14.9. The number of hydrogen-bond donors (Lipinski definition) is 2. The summed E-state index contributed by atoms with van der Waals surface area (Å²) in [7, 11) is 1.31. The lowest BCUT2D eigenvalue weighted by atomic mass is 9.84. The lowest BCUT2D eigenvalue weighted by Crippen LogP contribution is -2.38. The first-order valence-corrected chi connectivity index (χ1v) is 6.18. The molecular formula is C13H25NO4. The lowest BCUT2D eigenvalue weighted by Gasteiger charge is -2.23. The number of carboxylic acid groups (broad SMARTS) is 1. The highest BCUT2D eigenvalue weighted by Crippen LogP contribution is 2.25. The zero-order chi connectivity index (χ0) is 14.3. The molecule has 18 heavy (non-hydrogen) atoms. The van der Waals surface area contributed by atoms with Crippen molar-refractivity contribution in [2.24, 2.45) is 11.3 Å². The van der Waals surface area contributed by atoms with Crippen molar-refractivity contribution < 1.29 is 19.4 Å². The van der Waals surface area contributed by atoms with Gasteiger partial charge in [0, 0.05) is 13.5 Å². The molecule has 1 amide bonds. The fourth-order valence-corrected chi connectivity index (χ4v) is 1.98. The second-order valence-corrected chi connectivity index (χ2v) is 5.94. The van der Waals surface area contributed by atoms with Gasteiger partial charge < -0.3 is 15.2 Å². The van der Waals surface area contributed by atoms with Crippen LogP contribution in [0.2, 0.25) is 0 Å². The molecule has 5 nitrogen and oxygen atoms in total. The van der Waals surface area contributed by atoms with Crippen LogP contribution in [0, 0.1) is 11.3 Å². The van der Waals surface area contributed by atoms with Crippen LogP contribution in [0.1, 0.15) is 40.5 Å². The van der Waals surface area contributed by atoms with Crippen LogP contribution in [0.15, 0.2) is 0 Å². The molecule has 0 aromatic carbocycles. The van der Waals surface area contributed by atoms with Gasteiger partial charge in [0.1, 0.15) is 0 Å². The highest BCUT2D eigenvalue weighted by atomic mass is 16.5. The average molecular weight is 259 g/mol. The maximum atomic E-state index is 11.6. The zero-order valence-corrected chi connectivity index (χ0v) is 11.9. The third kappa shape index (κ3) is 8.06. The van der Waals surface area contributed by atoms with Gasteiger partial charge in [-0.15, -0.1) is 0 Å². The number of nitrogens with one attached hydrogen (secondary N) is 1. The zero-order valence-electron chi connectivity index (χ0n) is 11.9. The molecule has 2 N–H and O–H groups in total. The second-order valence-electron chi connectivity index (χ2n) is 5.94. The van der Waals surface area contributed by atoms with Gasteiger partial charge in [-0.1, -0.05) is 27.7 Å². The molecule has 0 aliphatic heterocycles. The van der Waals surface area contributed by atoms with E-state index in [4.69, 9.17) is 9.84 Å². The number of aliphatic carboxylic acids is 1. The van der Waals surface area contributed by atoms with E-state index in [1.807, 2.05) is 6.92 Å². The number of carboxylic acids is 1. The van der Waals surface area contributed by atoms with Crippen molar-refractivity contribution in [1.82, 2.24) is 5.32 Å².